The Balaban J connectivity index is 1.89. The van der Waals surface area contributed by atoms with E-state index in [-0.39, 0.29) is 11.6 Å². The summed E-state index contributed by atoms with van der Waals surface area (Å²) in [5.41, 5.74) is 25.2. The number of carbonyl (C=O) groups is 2. The third-order valence-electron chi connectivity index (χ3n) is 7.25. The first-order valence-corrected chi connectivity index (χ1v) is 12.4. The molecule has 0 aliphatic carbocycles. The van der Waals surface area contributed by atoms with Crippen LogP contribution < -0.4 is 22.9 Å². The molecule has 6 nitrogen and oxygen atoms in total. The Morgan fingerprint density at radius 2 is 0.947 bits per heavy atom. The van der Waals surface area contributed by atoms with Crippen LogP contribution >= 0.6 is 0 Å². The fourth-order valence-corrected chi connectivity index (χ4v) is 4.46. The van der Waals surface area contributed by atoms with Crippen LogP contribution in [0.4, 0.5) is 0 Å². The minimum Gasteiger partial charge on any atom is -0.326 e. The summed E-state index contributed by atoms with van der Waals surface area (Å²) in [6.07, 6.45) is 11.6. The van der Waals surface area contributed by atoms with Crippen LogP contribution in [0.1, 0.15) is 59.1 Å². The normalized spacial score (nSPS) is 15.7. The van der Waals surface area contributed by atoms with Crippen molar-refractivity contribution >= 4 is 11.6 Å². The number of hydrogen-bond acceptors (Lipinski definition) is 6. The lowest BCUT2D eigenvalue weighted by Crippen LogP contribution is -2.47. The number of nitrogens with two attached hydrogens (primary N) is 4. The zero-order chi connectivity index (χ0) is 28.1. The molecule has 8 N–H and O–H groups in total. The average Bonchev–Trinajstić information content (AvgIpc) is 2.98. The minimum absolute atomic E-state index is 0.338. The zero-order valence-electron chi connectivity index (χ0n) is 21.8. The average molecular weight is 507 g/mol. The van der Waals surface area contributed by atoms with E-state index in [0.29, 0.717) is 24.2 Å². The molecule has 4 atom stereocenters. The van der Waals surface area contributed by atoms with E-state index in [1.807, 2.05) is 48.5 Å². The predicted octanol–water partition coefficient (Wildman–Crippen LogP) is 2.92. The van der Waals surface area contributed by atoms with E-state index in [4.69, 9.17) is 35.8 Å². The van der Waals surface area contributed by atoms with Gasteiger partial charge in [0.15, 0.2) is 22.6 Å². The van der Waals surface area contributed by atoms with Gasteiger partial charge in [0, 0.05) is 24.9 Å². The van der Waals surface area contributed by atoms with Crippen LogP contribution in [-0.4, -0.2) is 11.6 Å². The first-order chi connectivity index (χ1) is 18.0. The van der Waals surface area contributed by atoms with Gasteiger partial charge in [0.2, 0.25) is 0 Å². The second kappa shape index (κ2) is 11.6. The van der Waals surface area contributed by atoms with Gasteiger partial charge in [-0.1, -0.05) is 98.5 Å². The Labute approximate surface area is 224 Å². The minimum atomic E-state index is -1.69. The summed E-state index contributed by atoms with van der Waals surface area (Å²) in [6, 6.07) is 21.3. The highest BCUT2D eigenvalue weighted by molar-refractivity contribution is 5.99. The van der Waals surface area contributed by atoms with Crippen LogP contribution in [0.5, 0.6) is 0 Å². The van der Waals surface area contributed by atoms with E-state index in [1.54, 1.807) is 38.1 Å². The quantitative estimate of drug-likeness (QED) is 0.312. The highest BCUT2D eigenvalue weighted by Gasteiger charge is 2.40. The molecule has 0 amide bonds. The molecule has 6 heteroatoms. The van der Waals surface area contributed by atoms with Crippen LogP contribution in [0.3, 0.4) is 0 Å². The molecule has 0 heterocycles. The molecule has 0 aromatic heterocycles. The number of benzene rings is 3. The van der Waals surface area contributed by atoms with Gasteiger partial charge in [0.05, 0.1) is 0 Å². The van der Waals surface area contributed by atoms with E-state index >= 15 is 0 Å². The second-order valence-electron chi connectivity index (χ2n) is 9.55. The predicted molar refractivity (Wildman–Crippen MR) is 151 cm³/mol. The molecule has 4 unspecified atom stereocenters. The molecule has 3 aromatic rings. The van der Waals surface area contributed by atoms with Crippen molar-refractivity contribution in [2.75, 3.05) is 0 Å². The highest BCUT2D eigenvalue weighted by Crippen LogP contribution is 2.32. The molecule has 0 spiro atoms. The standard InChI is InChI=1S/C32H34N4O2/c1-5-31(35,29(37)21(3)25-11-7-23(19-33)8-12-25)27-15-17-28(18-16-27)32(36,6-2)30(38)22(4)26-13-9-24(20-34)10-14-26/h1-2,7-18,21-22H,19-20,33-36H2,3-4H3. The maximum atomic E-state index is 13.5. The molecule has 0 aliphatic heterocycles. The van der Waals surface area contributed by atoms with E-state index < -0.39 is 22.9 Å². The monoisotopic (exact) mass is 506 g/mol. The van der Waals surface area contributed by atoms with Gasteiger partial charge in [-0.05, 0) is 33.4 Å². The highest BCUT2D eigenvalue weighted by atomic mass is 16.1. The fourth-order valence-electron chi connectivity index (χ4n) is 4.46. The zero-order valence-corrected chi connectivity index (χ0v) is 21.8. The summed E-state index contributed by atoms with van der Waals surface area (Å²) in [6.45, 7) is 4.33. The third-order valence-corrected chi connectivity index (χ3v) is 7.25. The Kier molecular flexibility index (Phi) is 8.68. The van der Waals surface area contributed by atoms with Crippen molar-refractivity contribution in [1.29, 1.82) is 0 Å². The van der Waals surface area contributed by atoms with Crippen LogP contribution in [0.15, 0.2) is 72.8 Å². The van der Waals surface area contributed by atoms with Crippen molar-refractivity contribution in [1.82, 2.24) is 0 Å². The largest absolute Gasteiger partial charge is 0.326 e. The molecule has 0 fully saturated rings. The van der Waals surface area contributed by atoms with Gasteiger partial charge >= 0.3 is 0 Å². The number of hydrogen-bond donors (Lipinski definition) is 4. The molecule has 0 saturated heterocycles. The van der Waals surface area contributed by atoms with Crippen molar-refractivity contribution in [2.45, 2.75) is 49.9 Å². The lowest BCUT2D eigenvalue weighted by atomic mass is 9.76. The van der Waals surface area contributed by atoms with Gasteiger partial charge in [0.25, 0.3) is 0 Å². The topological polar surface area (TPSA) is 138 Å². The number of terminal acetylenes is 2. The van der Waals surface area contributed by atoms with Crippen molar-refractivity contribution in [3.05, 3.63) is 106 Å². The molecule has 3 rings (SSSR count). The van der Waals surface area contributed by atoms with Crippen molar-refractivity contribution in [3.63, 3.8) is 0 Å². The van der Waals surface area contributed by atoms with E-state index in [1.165, 1.54) is 0 Å². The summed E-state index contributed by atoms with van der Waals surface area (Å²) >= 11 is 0. The maximum absolute atomic E-state index is 13.5. The molecule has 0 saturated carbocycles. The molecule has 0 bridgehead atoms. The molecule has 194 valence electrons. The van der Waals surface area contributed by atoms with E-state index in [2.05, 4.69) is 11.8 Å². The number of Topliss-reactive ketones (excluding diaryl/α,β-unsaturated/α-hetero) is 2. The van der Waals surface area contributed by atoms with Crippen molar-refractivity contribution in [3.8, 4) is 24.7 Å². The van der Waals surface area contributed by atoms with Gasteiger partial charge in [-0.2, -0.15) is 0 Å². The fraction of sp³-hybridized carbons (Fsp3) is 0.250. The van der Waals surface area contributed by atoms with Crippen LogP contribution in [0.25, 0.3) is 0 Å². The number of rotatable bonds is 10. The van der Waals surface area contributed by atoms with Crippen molar-refractivity contribution < 1.29 is 9.59 Å². The van der Waals surface area contributed by atoms with E-state index in [9.17, 15) is 9.59 Å². The van der Waals surface area contributed by atoms with Crippen LogP contribution in [0, 0.1) is 24.7 Å². The lowest BCUT2D eigenvalue weighted by molar-refractivity contribution is -0.124. The maximum Gasteiger partial charge on any atom is 0.176 e. The van der Waals surface area contributed by atoms with Gasteiger partial charge in [-0.15, -0.1) is 12.8 Å². The SMILES string of the molecule is C#CC(N)(C(=O)C(C)c1ccc(CN)cc1)c1ccc(C(N)(C#C)C(=O)C(C)c2ccc(CN)cc2)cc1. The van der Waals surface area contributed by atoms with Gasteiger partial charge in [-0.25, -0.2) is 0 Å². The summed E-state index contributed by atoms with van der Waals surface area (Å²) in [5, 5.41) is 0. The molecule has 0 radical (unpaired) electrons. The summed E-state index contributed by atoms with van der Waals surface area (Å²) in [7, 11) is 0. The van der Waals surface area contributed by atoms with E-state index in [0.717, 1.165) is 22.3 Å². The first kappa shape index (κ1) is 28.5. The smallest absolute Gasteiger partial charge is 0.176 e. The summed E-state index contributed by atoms with van der Waals surface area (Å²) < 4.78 is 0. The second-order valence-corrected chi connectivity index (χ2v) is 9.55. The van der Waals surface area contributed by atoms with Crippen LogP contribution in [0.2, 0.25) is 0 Å². The molecular formula is C32H34N4O2. The van der Waals surface area contributed by atoms with Crippen molar-refractivity contribution in [2.24, 2.45) is 22.9 Å². The van der Waals surface area contributed by atoms with Crippen LogP contribution in [-0.2, 0) is 33.8 Å². The number of ketones is 2. The molecule has 3 aromatic carbocycles. The lowest BCUT2D eigenvalue weighted by Gasteiger charge is -2.29. The van der Waals surface area contributed by atoms with Gasteiger partial charge in [0.1, 0.15) is 0 Å². The summed E-state index contributed by atoms with van der Waals surface area (Å²) in [5.74, 6) is 3.15. The Morgan fingerprint density at radius 3 is 1.18 bits per heavy atom. The molecule has 0 aliphatic rings. The molecule has 38 heavy (non-hydrogen) atoms. The summed E-state index contributed by atoms with van der Waals surface area (Å²) in [4.78, 5) is 27.0. The Morgan fingerprint density at radius 1 is 0.658 bits per heavy atom. The molecular weight excluding hydrogens is 472 g/mol. The first-order valence-electron chi connectivity index (χ1n) is 12.4. The van der Waals surface area contributed by atoms with Gasteiger partial charge < -0.3 is 22.9 Å². The Bertz CT molecular complexity index is 1270. The van der Waals surface area contributed by atoms with Gasteiger partial charge in [-0.3, -0.25) is 9.59 Å². The third kappa shape index (κ3) is 5.31. The number of carbonyl (C=O) groups excluding carboxylic acids is 2. The Hall–Kier alpha value is -4.04.